The van der Waals surface area contributed by atoms with E-state index in [0.29, 0.717) is 4.90 Å². The van der Waals surface area contributed by atoms with Crippen molar-refractivity contribution in [3.05, 3.63) is 59.7 Å². The van der Waals surface area contributed by atoms with Crippen molar-refractivity contribution in [1.82, 2.24) is 0 Å². The summed E-state index contributed by atoms with van der Waals surface area (Å²) < 4.78 is 24.8. The maximum absolute atomic E-state index is 12.4. The topological polar surface area (TPSA) is 57.6 Å². The summed E-state index contributed by atoms with van der Waals surface area (Å²) in [5.74, 6) is 0.218. The standard InChI is InChI=1S/C23H31NO3S/c1-4-5-6-7-18-28(26,27)23-16-12-21(13-17-23)9-8-20-10-14-22(15-11-20)24(3)19(2)25/h8-17,19,25H,4-7,18H2,1-3H3. The molecule has 0 saturated heterocycles. The Morgan fingerprint density at radius 2 is 1.46 bits per heavy atom. The molecule has 1 atom stereocenters. The van der Waals surface area contributed by atoms with Gasteiger partial charge in [0.05, 0.1) is 10.6 Å². The monoisotopic (exact) mass is 401 g/mol. The summed E-state index contributed by atoms with van der Waals surface area (Å²) in [5, 5.41) is 9.62. The quantitative estimate of drug-likeness (QED) is 0.346. The van der Waals surface area contributed by atoms with E-state index >= 15 is 0 Å². The highest BCUT2D eigenvalue weighted by Gasteiger charge is 2.13. The minimum atomic E-state index is -3.19. The SMILES string of the molecule is CCCCCCS(=O)(=O)c1ccc(C=Cc2ccc(N(C)C(C)O)cc2)cc1. The van der Waals surface area contributed by atoms with Crippen molar-refractivity contribution in [2.45, 2.75) is 50.7 Å². The van der Waals surface area contributed by atoms with Crippen LogP contribution in [-0.4, -0.2) is 32.6 Å². The van der Waals surface area contributed by atoms with E-state index in [9.17, 15) is 13.5 Å². The molecule has 0 aromatic heterocycles. The van der Waals surface area contributed by atoms with Crippen molar-refractivity contribution in [1.29, 1.82) is 0 Å². The lowest BCUT2D eigenvalue weighted by Crippen LogP contribution is -2.27. The summed E-state index contributed by atoms with van der Waals surface area (Å²) in [6.45, 7) is 3.84. The first-order valence-corrected chi connectivity index (χ1v) is 11.5. The number of hydrogen-bond acceptors (Lipinski definition) is 4. The summed E-state index contributed by atoms with van der Waals surface area (Å²) in [6, 6.07) is 14.9. The van der Waals surface area contributed by atoms with E-state index in [2.05, 4.69) is 6.92 Å². The second-order valence-corrected chi connectivity index (χ2v) is 9.23. The molecule has 1 N–H and O–H groups in total. The lowest BCUT2D eigenvalue weighted by atomic mass is 10.1. The third-order valence-corrected chi connectivity index (χ3v) is 6.65. The van der Waals surface area contributed by atoms with Crippen LogP contribution >= 0.6 is 0 Å². The second kappa shape index (κ2) is 10.4. The van der Waals surface area contributed by atoms with Gasteiger partial charge in [-0.2, -0.15) is 0 Å². The van der Waals surface area contributed by atoms with Gasteiger partial charge in [-0.25, -0.2) is 8.42 Å². The van der Waals surface area contributed by atoms with E-state index in [-0.39, 0.29) is 5.75 Å². The van der Waals surface area contributed by atoms with Gasteiger partial charge in [0.15, 0.2) is 9.84 Å². The first kappa shape index (κ1) is 22.2. The number of hydrogen-bond donors (Lipinski definition) is 1. The highest BCUT2D eigenvalue weighted by molar-refractivity contribution is 7.91. The zero-order valence-electron chi connectivity index (χ0n) is 17.0. The molecule has 2 aromatic rings. The molecule has 152 valence electrons. The third kappa shape index (κ3) is 6.50. The third-order valence-electron chi connectivity index (χ3n) is 4.83. The van der Waals surface area contributed by atoms with Crippen LogP contribution in [0.25, 0.3) is 12.2 Å². The van der Waals surface area contributed by atoms with Crippen molar-refractivity contribution in [3.63, 3.8) is 0 Å². The molecule has 0 fully saturated rings. The van der Waals surface area contributed by atoms with Crippen LogP contribution in [0, 0.1) is 0 Å². The molecule has 0 spiro atoms. The number of sulfone groups is 1. The van der Waals surface area contributed by atoms with Gasteiger partial charge in [0.1, 0.15) is 6.23 Å². The molecule has 0 bridgehead atoms. The van der Waals surface area contributed by atoms with Gasteiger partial charge in [-0.15, -0.1) is 0 Å². The Bertz CT molecular complexity index is 854. The van der Waals surface area contributed by atoms with Crippen LogP contribution in [0.1, 0.15) is 50.7 Å². The Hall–Kier alpha value is -2.11. The van der Waals surface area contributed by atoms with Gasteiger partial charge in [-0.05, 0) is 48.7 Å². The van der Waals surface area contributed by atoms with Gasteiger partial charge in [0.25, 0.3) is 0 Å². The van der Waals surface area contributed by atoms with Gasteiger partial charge in [0.2, 0.25) is 0 Å². The van der Waals surface area contributed by atoms with Crippen molar-refractivity contribution >= 4 is 27.7 Å². The van der Waals surface area contributed by atoms with Crippen LogP contribution in [-0.2, 0) is 9.84 Å². The highest BCUT2D eigenvalue weighted by Crippen LogP contribution is 2.18. The lowest BCUT2D eigenvalue weighted by Gasteiger charge is -2.22. The van der Waals surface area contributed by atoms with Gasteiger partial charge in [-0.1, -0.05) is 62.6 Å². The van der Waals surface area contributed by atoms with E-state index < -0.39 is 16.1 Å². The Morgan fingerprint density at radius 3 is 1.96 bits per heavy atom. The average Bonchev–Trinajstić information content (AvgIpc) is 2.70. The molecule has 0 heterocycles. The largest absolute Gasteiger partial charge is 0.374 e. The Balaban J connectivity index is 2.00. The van der Waals surface area contributed by atoms with Crippen LogP contribution in [0.5, 0.6) is 0 Å². The maximum Gasteiger partial charge on any atom is 0.178 e. The van der Waals surface area contributed by atoms with E-state index in [1.54, 1.807) is 24.0 Å². The minimum Gasteiger partial charge on any atom is -0.374 e. The Morgan fingerprint density at radius 1 is 0.929 bits per heavy atom. The maximum atomic E-state index is 12.4. The zero-order chi connectivity index (χ0) is 20.6. The summed E-state index contributed by atoms with van der Waals surface area (Å²) >= 11 is 0. The molecule has 2 aromatic carbocycles. The van der Waals surface area contributed by atoms with Gasteiger partial charge in [0, 0.05) is 12.7 Å². The van der Waals surface area contributed by atoms with Crippen LogP contribution in [0.3, 0.4) is 0 Å². The highest BCUT2D eigenvalue weighted by atomic mass is 32.2. The molecular formula is C23H31NO3S. The number of nitrogens with zero attached hydrogens (tertiary/aromatic N) is 1. The number of rotatable bonds is 10. The predicted octanol–water partition coefficient (Wildman–Crippen LogP) is 4.99. The molecular weight excluding hydrogens is 370 g/mol. The van der Waals surface area contributed by atoms with E-state index in [1.165, 1.54) is 0 Å². The summed E-state index contributed by atoms with van der Waals surface area (Å²) in [7, 11) is -1.35. The zero-order valence-corrected chi connectivity index (χ0v) is 17.8. The van der Waals surface area contributed by atoms with Crippen LogP contribution < -0.4 is 4.90 Å². The first-order chi connectivity index (χ1) is 13.3. The Kier molecular flexibility index (Phi) is 8.27. The fraction of sp³-hybridized carbons (Fsp3) is 0.391. The summed E-state index contributed by atoms with van der Waals surface area (Å²) in [4.78, 5) is 2.18. The molecule has 0 amide bonds. The number of anilines is 1. The van der Waals surface area contributed by atoms with Gasteiger partial charge in [-0.3, -0.25) is 0 Å². The van der Waals surface area contributed by atoms with E-state index in [4.69, 9.17) is 0 Å². The van der Waals surface area contributed by atoms with Crippen molar-refractivity contribution in [2.75, 3.05) is 17.7 Å². The molecule has 0 aliphatic carbocycles. The molecule has 0 radical (unpaired) electrons. The summed E-state index contributed by atoms with van der Waals surface area (Å²) in [6.07, 6.45) is 7.27. The molecule has 1 unspecified atom stereocenters. The molecule has 4 nitrogen and oxygen atoms in total. The number of aliphatic hydroxyl groups excluding tert-OH is 1. The molecule has 0 aliphatic heterocycles. The van der Waals surface area contributed by atoms with Crippen molar-refractivity contribution in [3.8, 4) is 0 Å². The Labute approximate surface area is 169 Å². The van der Waals surface area contributed by atoms with Crippen molar-refractivity contribution in [2.24, 2.45) is 0 Å². The number of benzene rings is 2. The predicted molar refractivity (Wildman–Crippen MR) is 118 cm³/mol. The molecule has 28 heavy (non-hydrogen) atoms. The molecule has 2 rings (SSSR count). The van der Waals surface area contributed by atoms with Crippen LogP contribution in [0.15, 0.2) is 53.4 Å². The van der Waals surface area contributed by atoms with Crippen LogP contribution in [0.4, 0.5) is 5.69 Å². The first-order valence-electron chi connectivity index (χ1n) is 9.85. The second-order valence-electron chi connectivity index (χ2n) is 7.12. The summed E-state index contributed by atoms with van der Waals surface area (Å²) in [5.41, 5.74) is 2.94. The minimum absolute atomic E-state index is 0.218. The average molecular weight is 402 g/mol. The molecule has 0 saturated carbocycles. The van der Waals surface area contributed by atoms with E-state index in [1.807, 2.05) is 55.6 Å². The molecule has 0 aliphatic rings. The number of aliphatic hydroxyl groups is 1. The number of unbranched alkanes of at least 4 members (excludes halogenated alkanes) is 3. The fourth-order valence-corrected chi connectivity index (χ4v) is 4.22. The normalized spacial score (nSPS) is 13.0. The van der Waals surface area contributed by atoms with Crippen molar-refractivity contribution < 1.29 is 13.5 Å². The van der Waals surface area contributed by atoms with E-state index in [0.717, 1.165) is 42.5 Å². The van der Waals surface area contributed by atoms with Crippen LogP contribution in [0.2, 0.25) is 0 Å². The van der Waals surface area contributed by atoms with Gasteiger partial charge >= 0.3 is 0 Å². The fourth-order valence-electron chi connectivity index (χ4n) is 2.85. The van der Waals surface area contributed by atoms with Gasteiger partial charge < -0.3 is 10.0 Å². The lowest BCUT2D eigenvalue weighted by molar-refractivity contribution is 0.195. The smallest absolute Gasteiger partial charge is 0.178 e. The molecule has 5 heteroatoms.